The number of aryl methyl sites for hydroxylation is 1. The molecule has 0 saturated carbocycles. The number of carbonyl (C=O) groups excluding carboxylic acids is 1. The first-order chi connectivity index (χ1) is 9.66. The molecular weight excluding hydrogens is 274 g/mol. The number of hydrogen-bond donors (Lipinski definition) is 1. The Hall–Kier alpha value is -2.47. The highest BCUT2D eigenvalue weighted by atomic mass is 32.1. The van der Waals surface area contributed by atoms with E-state index in [1.54, 1.807) is 18.2 Å². The van der Waals surface area contributed by atoms with Gasteiger partial charge < -0.3 is 0 Å². The first-order valence-electron chi connectivity index (χ1n) is 5.98. The van der Waals surface area contributed by atoms with Crippen LogP contribution in [0.1, 0.15) is 15.2 Å². The number of thiophene rings is 1. The molecule has 0 atom stereocenters. The van der Waals surface area contributed by atoms with Crippen molar-refractivity contribution < 1.29 is 4.79 Å². The predicted octanol–water partition coefficient (Wildman–Crippen LogP) is 2.15. The van der Waals surface area contributed by atoms with Crippen molar-refractivity contribution in [3.05, 3.63) is 62.8 Å². The summed E-state index contributed by atoms with van der Waals surface area (Å²) in [5.41, 5.74) is 3.76. The van der Waals surface area contributed by atoms with E-state index < -0.39 is 0 Å². The maximum absolute atomic E-state index is 12.2. The van der Waals surface area contributed by atoms with Crippen LogP contribution in [0.4, 0.5) is 0 Å². The van der Waals surface area contributed by atoms with Crippen LogP contribution in [0.15, 0.2) is 46.8 Å². The van der Waals surface area contributed by atoms with Gasteiger partial charge in [0.1, 0.15) is 6.33 Å². The first kappa shape index (κ1) is 12.6. The minimum absolute atomic E-state index is 0.293. The van der Waals surface area contributed by atoms with Crippen LogP contribution in [-0.2, 0) is 0 Å². The fraction of sp³-hybridized carbons (Fsp3) is 0.0714. The average Bonchev–Trinajstić information content (AvgIpc) is 2.88. The highest BCUT2D eigenvalue weighted by Crippen LogP contribution is 2.15. The summed E-state index contributed by atoms with van der Waals surface area (Å²) >= 11 is 1.34. The lowest BCUT2D eigenvalue weighted by Gasteiger charge is -2.07. The average molecular weight is 285 g/mol. The number of nitrogens with zero attached hydrogens (tertiary/aromatic N) is 2. The second-order valence-electron chi connectivity index (χ2n) is 4.31. The molecule has 0 spiro atoms. The Bertz CT molecular complexity index is 851. The number of nitrogens with one attached hydrogen (secondary N) is 1. The van der Waals surface area contributed by atoms with Crippen molar-refractivity contribution in [1.29, 1.82) is 0 Å². The predicted molar refractivity (Wildman–Crippen MR) is 78.8 cm³/mol. The highest BCUT2D eigenvalue weighted by molar-refractivity contribution is 7.12. The molecule has 0 bridgehead atoms. The van der Waals surface area contributed by atoms with Gasteiger partial charge in [-0.15, -0.1) is 11.3 Å². The van der Waals surface area contributed by atoms with Crippen LogP contribution in [0.3, 0.4) is 0 Å². The number of benzene rings is 1. The third kappa shape index (κ3) is 2.10. The van der Waals surface area contributed by atoms with Crippen LogP contribution in [-0.4, -0.2) is 15.6 Å². The number of amides is 1. The van der Waals surface area contributed by atoms with Crippen molar-refractivity contribution in [3.63, 3.8) is 0 Å². The molecule has 20 heavy (non-hydrogen) atoms. The van der Waals surface area contributed by atoms with E-state index in [2.05, 4.69) is 10.4 Å². The zero-order valence-corrected chi connectivity index (χ0v) is 11.5. The van der Waals surface area contributed by atoms with E-state index in [1.165, 1.54) is 17.7 Å². The fourth-order valence-electron chi connectivity index (χ4n) is 1.91. The molecule has 2 heterocycles. The van der Waals surface area contributed by atoms with Gasteiger partial charge in [0.2, 0.25) is 0 Å². The number of para-hydroxylation sites is 1. The van der Waals surface area contributed by atoms with Crippen LogP contribution in [0, 0.1) is 6.92 Å². The molecule has 0 aliphatic heterocycles. The molecule has 0 radical (unpaired) electrons. The molecule has 0 aliphatic carbocycles. The summed E-state index contributed by atoms with van der Waals surface area (Å²) in [5, 5.41) is 2.31. The first-order valence-corrected chi connectivity index (χ1v) is 6.86. The molecule has 1 aromatic carbocycles. The molecule has 3 aromatic rings. The zero-order chi connectivity index (χ0) is 14.1. The normalized spacial score (nSPS) is 10.7. The van der Waals surface area contributed by atoms with Gasteiger partial charge in [-0.3, -0.25) is 15.0 Å². The molecule has 0 saturated heterocycles. The maximum atomic E-state index is 12.2. The molecule has 5 nitrogen and oxygen atoms in total. The summed E-state index contributed by atoms with van der Waals surface area (Å²) in [6, 6.07) is 8.88. The summed E-state index contributed by atoms with van der Waals surface area (Å²) in [6.07, 6.45) is 1.32. The van der Waals surface area contributed by atoms with E-state index in [-0.39, 0.29) is 11.5 Å². The number of hydrogen-bond acceptors (Lipinski definition) is 4. The van der Waals surface area contributed by atoms with Gasteiger partial charge in [-0.05, 0) is 36.1 Å². The van der Waals surface area contributed by atoms with Gasteiger partial charge in [-0.2, -0.15) is 0 Å². The molecule has 3 rings (SSSR count). The van der Waals surface area contributed by atoms with Crippen molar-refractivity contribution in [2.45, 2.75) is 6.92 Å². The van der Waals surface area contributed by atoms with Gasteiger partial charge >= 0.3 is 0 Å². The molecule has 6 heteroatoms. The fourth-order valence-corrected chi connectivity index (χ4v) is 2.73. The van der Waals surface area contributed by atoms with Crippen LogP contribution < -0.4 is 11.0 Å². The Kier molecular flexibility index (Phi) is 3.08. The lowest BCUT2D eigenvalue weighted by Crippen LogP contribution is -2.33. The van der Waals surface area contributed by atoms with Crippen LogP contribution >= 0.6 is 11.3 Å². The van der Waals surface area contributed by atoms with Crippen molar-refractivity contribution in [3.8, 4) is 0 Å². The monoisotopic (exact) mass is 285 g/mol. The molecule has 0 aliphatic rings. The van der Waals surface area contributed by atoms with Gasteiger partial charge in [0, 0.05) is 0 Å². The number of aromatic nitrogens is 2. The largest absolute Gasteiger partial charge is 0.280 e. The van der Waals surface area contributed by atoms with Crippen molar-refractivity contribution in [2.24, 2.45) is 0 Å². The van der Waals surface area contributed by atoms with Crippen LogP contribution in [0.2, 0.25) is 0 Å². The SMILES string of the molecule is Cc1ccsc1C(=O)Nn1cnc2ccccc2c1=O. The Morgan fingerprint density at radius 1 is 1.30 bits per heavy atom. The van der Waals surface area contributed by atoms with E-state index in [9.17, 15) is 9.59 Å². The molecule has 2 aromatic heterocycles. The third-order valence-corrected chi connectivity index (χ3v) is 3.97. The Labute approximate surface area is 118 Å². The molecule has 1 N–H and O–H groups in total. The molecule has 100 valence electrons. The third-order valence-electron chi connectivity index (χ3n) is 2.96. The highest BCUT2D eigenvalue weighted by Gasteiger charge is 2.12. The summed E-state index contributed by atoms with van der Waals surface area (Å²) in [4.78, 5) is 29.1. The molecule has 1 amide bonds. The maximum Gasteiger partial charge on any atom is 0.280 e. The minimum Gasteiger partial charge on any atom is -0.267 e. The number of carbonyl (C=O) groups is 1. The summed E-state index contributed by atoms with van der Waals surface area (Å²) in [7, 11) is 0. The quantitative estimate of drug-likeness (QED) is 0.784. The number of rotatable bonds is 2. The Balaban J connectivity index is 2.00. The van der Waals surface area contributed by atoms with Crippen molar-refractivity contribution in [1.82, 2.24) is 9.66 Å². The second kappa shape index (κ2) is 4.90. The van der Waals surface area contributed by atoms with Gasteiger partial charge in [0.25, 0.3) is 11.5 Å². The van der Waals surface area contributed by atoms with Gasteiger partial charge in [-0.1, -0.05) is 12.1 Å². The lowest BCUT2D eigenvalue weighted by atomic mass is 10.2. The van der Waals surface area contributed by atoms with Crippen LogP contribution in [0.25, 0.3) is 10.9 Å². The van der Waals surface area contributed by atoms with Crippen LogP contribution in [0.5, 0.6) is 0 Å². The van der Waals surface area contributed by atoms with Gasteiger partial charge in [0.05, 0.1) is 15.8 Å². The van der Waals surface area contributed by atoms with E-state index in [0.717, 1.165) is 10.2 Å². The Morgan fingerprint density at radius 2 is 2.10 bits per heavy atom. The molecule has 0 unspecified atom stereocenters. The lowest BCUT2D eigenvalue weighted by molar-refractivity contribution is 0.101. The van der Waals surface area contributed by atoms with E-state index >= 15 is 0 Å². The molecular formula is C14H11N3O2S. The second-order valence-corrected chi connectivity index (χ2v) is 5.23. The van der Waals surface area contributed by atoms with E-state index in [4.69, 9.17) is 0 Å². The van der Waals surface area contributed by atoms with E-state index in [1.807, 2.05) is 24.4 Å². The van der Waals surface area contributed by atoms with E-state index in [0.29, 0.717) is 15.8 Å². The standard InChI is InChI=1S/C14H11N3O2S/c1-9-6-7-20-12(9)13(18)16-17-8-15-11-5-3-2-4-10(11)14(17)19/h2-8H,1H3,(H,16,18). The topological polar surface area (TPSA) is 64.0 Å². The summed E-state index contributed by atoms with van der Waals surface area (Å²) in [6.45, 7) is 1.85. The summed E-state index contributed by atoms with van der Waals surface area (Å²) in [5.74, 6) is -0.309. The van der Waals surface area contributed by atoms with Crippen molar-refractivity contribution in [2.75, 3.05) is 5.43 Å². The summed E-state index contributed by atoms with van der Waals surface area (Å²) < 4.78 is 1.11. The van der Waals surface area contributed by atoms with Gasteiger partial charge in [0.15, 0.2) is 0 Å². The number of fused-ring (bicyclic) bond motifs is 1. The zero-order valence-electron chi connectivity index (χ0n) is 10.7. The van der Waals surface area contributed by atoms with Crippen molar-refractivity contribution >= 4 is 28.1 Å². The van der Waals surface area contributed by atoms with Gasteiger partial charge in [-0.25, -0.2) is 9.66 Å². The molecule has 0 fully saturated rings. The Morgan fingerprint density at radius 3 is 2.85 bits per heavy atom. The smallest absolute Gasteiger partial charge is 0.267 e. The minimum atomic E-state index is -0.309.